The molecule has 8 nitrogen and oxygen atoms in total. The molecule has 0 unspecified atom stereocenters. The Morgan fingerprint density at radius 2 is 1.75 bits per heavy atom. The van der Waals surface area contributed by atoms with E-state index in [0.29, 0.717) is 29.6 Å². The number of rotatable bonds is 5. The number of ketones is 2. The van der Waals surface area contributed by atoms with Crippen LogP contribution in [0.1, 0.15) is 29.9 Å². The van der Waals surface area contributed by atoms with Crippen LogP contribution in [0.2, 0.25) is 0 Å². The topological polar surface area (TPSA) is 121 Å². The predicted molar refractivity (Wildman–Crippen MR) is 148 cm³/mol. The molecule has 2 aromatic rings. The summed E-state index contributed by atoms with van der Waals surface area (Å²) in [5.41, 5.74) is 3.00. The van der Waals surface area contributed by atoms with E-state index in [-0.39, 0.29) is 58.1 Å². The maximum absolute atomic E-state index is 13.8. The molecule has 4 aliphatic rings. The van der Waals surface area contributed by atoms with Gasteiger partial charge in [0.2, 0.25) is 11.8 Å². The molecule has 0 saturated carbocycles. The number of amides is 2. The summed E-state index contributed by atoms with van der Waals surface area (Å²) in [5.74, 6) is -3.06. The number of phenols is 2. The minimum atomic E-state index is -0.650. The highest BCUT2D eigenvalue weighted by Gasteiger charge is 2.56. The number of benzene rings is 2. The largest absolute Gasteiger partial charge is 0.508 e. The number of aromatic hydroxyl groups is 2. The third-order valence-corrected chi connectivity index (χ3v) is 9.11. The Hall–Kier alpha value is -3.98. The van der Waals surface area contributed by atoms with Crippen LogP contribution < -0.4 is 4.74 Å². The number of hydrogen-bond acceptors (Lipinski definition) is 7. The summed E-state index contributed by atoms with van der Waals surface area (Å²) in [6, 6.07) is 11.5. The van der Waals surface area contributed by atoms with Crippen molar-refractivity contribution in [2.24, 2.45) is 17.8 Å². The van der Waals surface area contributed by atoms with Gasteiger partial charge in [0, 0.05) is 29.7 Å². The lowest BCUT2D eigenvalue weighted by atomic mass is 9.59. The van der Waals surface area contributed by atoms with Crippen LogP contribution in [-0.2, 0) is 25.6 Å². The van der Waals surface area contributed by atoms with Gasteiger partial charge in [0.1, 0.15) is 5.75 Å². The van der Waals surface area contributed by atoms with Crippen LogP contribution >= 0.6 is 15.9 Å². The van der Waals surface area contributed by atoms with Gasteiger partial charge in [0.15, 0.2) is 23.1 Å². The average Bonchev–Trinajstić information content (AvgIpc) is 3.19. The molecule has 3 aliphatic carbocycles. The number of halogens is 1. The van der Waals surface area contributed by atoms with Crippen molar-refractivity contribution in [1.29, 1.82) is 0 Å². The molecular formula is C31H26BrNO7. The van der Waals surface area contributed by atoms with E-state index in [0.717, 1.165) is 11.1 Å². The third kappa shape index (κ3) is 4.11. The van der Waals surface area contributed by atoms with Gasteiger partial charge in [-0.1, -0.05) is 29.8 Å². The second kappa shape index (κ2) is 9.89. The highest BCUT2D eigenvalue weighted by molar-refractivity contribution is 9.12. The van der Waals surface area contributed by atoms with Crippen LogP contribution in [-0.4, -0.2) is 52.1 Å². The lowest BCUT2D eigenvalue weighted by Gasteiger charge is -2.42. The molecule has 1 fully saturated rings. The van der Waals surface area contributed by atoms with Gasteiger partial charge in [-0.15, -0.1) is 0 Å². The highest BCUT2D eigenvalue weighted by Crippen LogP contribution is 2.55. The van der Waals surface area contributed by atoms with Crippen LogP contribution in [0.5, 0.6) is 17.2 Å². The predicted octanol–water partition coefficient (Wildman–Crippen LogP) is 4.11. The number of allylic oxidation sites excluding steroid dienone is 6. The van der Waals surface area contributed by atoms with E-state index >= 15 is 0 Å². The molecule has 1 heterocycles. The summed E-state index contributed by atoms with van der Waals surface area (Å²) in [7, 11) is 1.44. The van der Waals surface area contributed by atoms with E-state index in [9.17, 15) is 29.4 Å². The molecule has 2 aromatic carbocycles. The molecule has 40 heavy (non-hydrogen) atoms. The molecule has 6 rings (SSSR count). The monoisotopic (exact) mass is 603 g/mol. The lowest BCUT2D eigenvalue weighted by Crippen LogP contribution is -2.39. The van der Waals surface area contributed by atoms with E-state index in [2.05, 4.69) is 15.9 Å². The fourth-order valence-corrected chi connectivity index (χ4v) is 7.11. The molecule has 1 saturated heterocycles. The quantitative estimate of drug-likeness (QED) is 0.300. The zero-order chi connectivity index (χ0) is 28.3. The van der Waals surface area contributed by atoms with Crippen molar-refractivity contribution in [3.05, 3.63) is 86.9 Å². The number of hydrogen-bond donors (Lipinski definition) is 2. The van der Waals surface area contributed by atoms with Crippen LogP contribution in [0.3, 0.4) is 0 Å². The molecule has 2 N–H and O–H groups in total. The minimum absolute atomic E-state index is 0.0996. The summed E-state index contributed by atoms with van der Waals surface area (Å²) in [5, 5.41) is 20.1. The number of imide groups is 1. The number of carbonyl (C=O) groups is 4. The first-order chi connectivity index (χ1) is 19.2. The van der Waals surface area contributed by atoms with Gasteiger partial charge in [-0.05, 0) is 76.5 Å². The maximum atomic E-state index is 13.8. The van der Waals surface area contributed by atoms with Crippen molar-refractivity contribution in [3.8, 4) is 17.2 Å². The Bertz CT molecular complexity index is 1570. The maximum Gasteiger partial charge on any atom is 0.233 e. The number of fused-ring (bicyclic) bond motifs is 3. The van der Waals surface area contributed by atoms with Crippen molar-refractivity contribution in [2.45, 2.75) is 25.2 Å². The van der Waals surface area contributed by atoms with Crippen LogP contribution in [0.15, 0.2) is 75.8 Å². The Balaban J connectivity index is 1.38. The summed E-state index contributed by atoms with van der Waals surface area (Å²) in [6.45, 7) is 0.215. The fourth-order valence-electron chi connectivity index (χ4n) is 6.66. The Morgan fingerprint density at radius 3 is 2.45 bits per heavy atom. The number of methoxy groups -OCH3 is 1. The highest BCUT2D eigenvalue weighted by atomic mass is 79.9. The average molecular weight is 604 g/mol. The normalized spacial score (nSPS) is 25.8. The first kappa shape index (κ1) is 26.3. The van der Waals surface area contributed by atoms with E-state index in [4.69, 9.17) is 4.74 Å². The van der Waals surface area contributed by atoms with Crippen molar-refractivity contribution in [3.63, 3.8) is 0 Å². The van der Waals surface area contributed by atoms with E-state index in [1.165, 1.54) is 24.2 Å². The molecule has 204 valence electrons. The molecule has 0 aromatic heterocycles. The zero-order valence-corrected chi connectivity index (χ0v) is 23.2. The van der Waals surface area contributed by atoms with Gasteiger partial charge >= 0.3 is 0 Å². The smallest absolute Gasteiger partial charge is 0.233 e. The summed E-state index contributed by atoms with van der Waals surface area (Å²) < 4.78 is 5.36. The second-order valence-corrected chi connectivity index (χ2v) is 11.4. The van der Waals surface area contributed by atoms with Crippen molar-refractivity contribution in [1.82, 2.24) is 4.90 Å². The Labute approximate surface area is 238 Å². The number of ether oxygens (including phenoxy) is 1. The van der Waals surface area contributed by atoms with Crippen molar-refractivity contribution in [2.75, 3.05) is 13.7 Å². The number of Topliss-reactive ketones (excluding diaryl/α,β-unsaturated/α-hetero) is 1. The zero-order valence-electron chi connectivity index (χ0n) is 21.6. The summed E-state index contributed by atoms with van der Waals surface area (Å²) in [6.07, 6.45) is 4.20. The standard InChI is InChI=1S/C31H26BrNO7/c1-40-25-9-4-16(12-23(25)35)26-18-7-8-19-27(20(18)13-21-28(26)24(36)14-22(32)29(21)37)31(39)33(30(19)38)11-10-15-2-5-17(34)6-3-15/h2-7,9,12,14,19-20,26-27,34-35H,8,10-11,13H2,1H3/t19-,20+,26-,27-/m0/s1. The van der Waals surface area contributed by atoms with E-state index in [1.807, 2.05) is 6.08 Å². The van der Waals surface area contributed by atoms with Crippen LogP contribution in [0, 0.1) is 17.8 Å². The lowest BCUT2D eigenvalue weighted by molar-refractivity contribution is -0.140. The minimum Gasteiger partial charge on any atom is -0.508 e. The number of nitrogens with zero attached hydrogens (tertiary/aromatic N) is 1. The molecule has 9 heteroatoms. The van der Waals surface area contributed by atoms with Gasteiger partial charge in [-0.3, -0.25) is 24.1 Å². The molecule has 1 aliphatic heterocycles. The number of phenolic OH excluding ortho intramolecular Hbond substituents is 2. The Morgan fingerprint density at radius 1 is 1.00 bits per heavy atom. The van der Waals surface area contributed by atoms with Gasteiger partial charge in [0.05, 0.1) is 23.4 Å². The van der Waals surface area contributed by atoms with Crippen molar-refractivity contribution < 1.29 is 34.1 Å². The second-order valence-electron chi connectivity index (χ2n) is 10.6. The molecule has 0 bridgehead atoms. The van der Waals surface area contributed by atoms with Crippen LogP contribution in [0.25, 0.3) is 0 Å². The third-order valence-electron chi connectivity index (χ3n) is 8.52. The number of likely N-dealkylation sites (tertiary alicyclic amines) is 1. The van der Waals surface area contributed by atoms with Gasteiger partial charge in [-0.25, -0.2) is 0 Å². The molecule has 0 radical (unpaired) electrons. The van der Waals surface area contributed by atoms with Gasteiger partial charge < -0.3 is 14.9 Å². The SMILES string of the molecule is COc1ccc([C@H]2C3=CC[C@@H]4C(=O)N(CCc5ccc(O)cc5)C(=O)[C@@H]4[C@@H]3CC3=C2C(=O)C=C(Br)C3=O)cc1O. The number of carbonyl (C=O) groups excluding carboxylic acids is 4. The Kier molecular flexibility index (Phi) is 6.49. The first-order valence-corrected chi connectivity index (χ1v) is 13.9. The van der Waals surface area contributed by atoms with Crippen molar-refractivity contribution >= 4 is 39.3 Å². The van der Waals surface area contributed by atoms with Gasteiger partial charge in [0.25, 0.3) is 0 Å². The van der Waals surface area contributed by atoms with Crippen LogP contribution in [0.4, 0.5) is 0 Å². The fraction of sp³-hybridized carbons (Fsp3) is 0.290. The van der Waals surface area contributed by atoms with Gasteiger partial charge in [-0.2, -0.15) is 0 Å². The first-order valence-electron chi connectivity index (χ1n) is 13.1. The summed E-state index contributed by atoms with van der Waals surface area (Å²) in [4.78, 5) is 55.2. The molecule has 2 amide bonds. The molecule has 0 spiro atoms. The van der Waals surface area contributed by atoms with E-state index in [1.54, 1.807) is 36.4 Å². The molecule has 4 atom stereocenters. The van der Waals surface area contributed by atoms with E-state index < -0.39 is 23.7 Å². The molecular weight excluding hydrogens is 578 g/mol. The summed E-state index contributed by atoms with van der Waals surface area (Å²) >= 11 is 3.23.